The quantitative estimate of drug-likeness (QED) is 0.737. The highest BCUT2D eigenvalue weighted by molar-refractivity contribution is 7.16. The fraction of sp³-hybridized carbons (Fsp3) is 0.200. The molecule has 0 N–H and O–H groups in total. The van der Waals surface area contributed by atoms with Gasteiger partial charge in [-0.1, -0.05) is 0 Å². The Balaban J connectivity index is 2.49. The number of ether oxygens (including phenoxy) is 1. The molecule has 0 spiro atoms. The van der Waals surface area contributed by atoms with Crippen LogP contribution in [0.3, 0.4) is 0 Å². The number of carbonyl (C=O) groups is 1. The Morgan fingerprint density at radius 3 is 3.13 bits per heavy atom. The van der Waals surface area contributed by atoms with Crippen molar-refractivity contribution in [1.29, 1.82) is 0 Å². The summed E-state index contributed by atoms with van der Waals surface area (Å²) in [4.78, 5) is 15.2. The minimum atomic E-state index is -0.508. The molecule has 2 rings (SSSR count). The molecule has 0 aliphatic rings. The normalized spacial score (nSPS) is 10.5. The van der Waals surface area contributed by atoms with E-state index in [0.29, 0.717) is 10.2 Å². The van der Waals surface area contributed by atoms with Crippen molar-refractivity contribution < 1.29 is 13.9 Å². The maximum atomic E-state index is 13.4. The minimum absolute atomic E-state index is 0.228. The molecule has 0 amide bonds. The summed E-state index contributed by atoms with van der Waals surface area (Å²) in [5.41, 5.74) is 2.07. The zero-order chi connectivity index (χ0) is 10.8. The van der Waals surface area contributed by atoms with Gasteiger partial charge in [0.2, 0.25) is 0 Å². The number of hydrogen-bond donors (Lipinski definition) is 0. The van der Waals surface area contributed by atoms with Crippen molar-refractivity contribution >= 4 is 27.5 Å². The highest BCUT2D eigenvalue weighted by Crippen LogP contribution is 2.22. The van der Waals surface area contributed by atoms with Crippen LogP contribution >= 0.6 is 11.3 Å². The number of esters is 1. The Labute approximate surface area is 89.5 Å². The molecule has 0 aliphatic carbocycles. The Hall–Kier alpha value is -1.49. The second-order valence-electron chi connectivity index (χ2n) is 2.88. The molecule has 1 heterocycles. The van der Waals surface area contributed by atoms with Crippen LogP contribution in [0.5, 0.6) is 0 Å². The van der Waals surface area contributed by atoms with Gasteiger partial charge < -0.3 is 4.74 Å². The van der Waals surface area contributed by atoms with E-state index in [1.54, 1.807) is 18.5 Å². The first-order valence-electron chi connectivity index (χ1n) is 4.42. The lowest BCUT2D eigenvalue weighted by Gasteiger charge is -2.01. The van der Waals surface area contributed by atoms with Gasteiger partial charge in [0, 0.05) is 0 Å². The number of halogens is 1. The van der Waals surface area contributed by atoms with Gasteiger partial charge in [-0.2, -0.15) is 0 Å². The molecule has 0 saturated carbocycles. The Kier molecular flexibility index (Phi) is 2.64. The van der Waals surface area contributed by atoms with Crippen LogP contribution in [0.15, 0.2) is 17.6 Å². The SMILES string of the molecule is CCOC(=O)c1cc(F)c2ncsc2c1. The van der Waals surface area contributed by atoms with Crippen LogP contribution in [-0.4, -0.2) is 17.6 Å². The second-order valence-corrected chi connectivity index (χ2v) is 3.76. The third-order valence-corrected chi connectivity index (χ3v) is 2.68. The topological polar surface area (TPSA) is 39.2 Å². The summed E-state index contributed by atoms with van der Waals surface area (Å²) < 4.78 is 18.9. The van der Waals surface area contributed by atoms with Gasteiger partial charge in [-0.05, 0) is 19.1 Å². The van der Waals surface area contributed by atoms with Crippen LogP contribution in [0.1, 0.15) is 17.3 Å². The number of benzene rings is 1. The average Bonchev–Trinajstić information content (AvgIpc) is 2.66. The lowest BCUT2D eigenvalue weighted by Crippen LogP contribution is -2.04. The van der Waals surface area contributed by atoms with Crippen molar-refractivity contribution in [1.82, 2.24) is 4.98 Å². The molecule has 0 unspecified atom stereocenters. The van der Waals surface area contributed by atoms with E-state index in [0.717, 1.165) is 6.07 Å². The summed E-state index contributed by atoms with van der Waals surface area (Å²) in [7, 11) is 0. The molecule has 15 heavy (non-hydrogen) atoms. The molecule has 5 heteroatoms. The molecule has 0 aliphatic heterocycles. The van der Waals surface area contributed by atoms with E-state index in [2.05, 4.69) is 4.98 Å². The van der Waals surface area contributed by atoms with E-state index in [4.69, 9.17) is 4.74 Å². The monoisotopic (exact) mass is 225 g/mol. The van der Waals surface area contributed by atoms with E-state index in [1.807, 2.05) is 0 Å². The zero-order valence-corrected chi connectivity index (χ0v) is 8.81. The molecule has 2 aromatic rings. The van der Waals surface area contributed by atoms with Gasteiger partial charge in [0.05, 0.1) is 22.4 Å². The van der Waals surface area contributed by atoms with Crippen molar-refractivity contribution in [3.8, 4) is 0 Å². The average molecular weight is 225 g/mol. The van der Waals surface area contributed by atoms with Gasteiger partial charge in [-0.3, -0.25) is 0 Å². The van der Waals surface area contributed by atoms with Crippen molar-refractivity contribution in [3.05, 3.63) is 29.0 Å². The van der Waals surface area contributed by atoms with E-state index in [-0.39, 0.29) is 12.2 Å². The van der Waals surface area contributed by atoms with Gasteiger partial charge in [0.1, 0.15) is 5.52 Å². The van der Waals surface area contributed by atoms with Crippen molar-refractivity contribution in [3.63, 3.8) is 0 Å². The Morgan fingerprint density at radius 1 is 1.60 bits per heavy atom. The van der Waals surface area contributed by atoms with Crippen LogP contribution in [-0.2, 0) is 4.74 Å². The van der Waals surface area contributed by atoms with Gasteiger partial charge >= 0.3 is 5.97 Å². The lowest BCUT2D eigenvalue weighted by molar-refractivity contribution is 0.0526. The van der Waals surface area contributed by atoms with E-state index < -0.39 is 11.8 Å². The summed E-state index contributed by atoms with van der Waals surface area (Å²) >= 11 is 1.29. The van der Waals surface area contributed by atoms with Crippen LogP contribution in [0.4, 0.5) is 4.39 Å². The first-order valence-corrected chi connectivity index (χ1v) is 5.30. The number of carbonyl (C=O) groups excluding carboxylic acids is 1. The van der Waals surface area contributed by atoms with E-state index in [9.17, 15) is 9.18 Å². The second kappa shape index (κ2) is 3.94. The zero-order valence-electron chi connectivity index (χ0n) is 7.99. The molecule has 0 radical (unpaired) electrons. The summed E-state index contributed by atoms with van der Waals surface area (Å²) in [5.74, 6) is -0.997. The van der Waals surface area contributed by atoms with Crippen molar-refractivity contribution in [2.75, 3.05) is 6.61 Å². The highest BCUT2D eigenvalue weighted by Gasteiger charge is 2.12. The van der Waals surface area contributed by atoms with Gasteiger partial charge in [-0.15, -0.1) is 11.3 Å². The third-order valence-electron chi connectivity index (χ3n) is 1.90. The molecule has 78 valence electrons. The van der Waals surface area contributed by atoms with Crippen LogP contribution in [0, 0.1) is 5.82 Å². The number of nitrogens with zero attached hydrogens (tertiary/aromatic N) is 1. The van der Waals surface area contributed by atoms with Crippen LogP contribution in [0.2, 0.25) is 0 Å². The summed E-state index contributed by atoms with van der Waals surface area (Å²) in [5, 5.41) is 0. The number of rotatable bonds is 2. The summed E-state index contributed by atoms with van der Waals surface area (Å²) in [6.07, 6.45) is 0. The predicted molar refractivity (Wildman–Crippen MR) is 55.5 cm³/mol. The number of aromatic nitrogens is 1. The van der Waals surface area contributed by atoms with Gasteiger partial charge in [0.15, 0.2) is 5.82 Å². The highest BCUT2D eigenvalue weighted by atomic mass is 32.1. The van der Waals surface area contributed by atoms with Crippen molar-refractivity contribution in [2.45, 2.75) is 6.92 Å². The van der Waals surface area contributed by atoms with Gasteiger partial charge in [0.25, 0.3) is 0 Å². The maximum absolute atomic E-state index is 13.4. The smallest absolute Gasteiger partial charge is 0.338 e. The molecule has 1 aromatic carbocycles. The predicted octanol–water partition coefficient (Wildman–Crippen LogP) is 2.61. The molecule has 0 fully saturated rings. The molecule has 3 nitrogen and oxygen atoms in total. The largest absolute Gasteiger partial charge is 0.462 e. The minimum Gasteiger partial charge on any atom is -0.462 e. The van der Waals surface area contributed by atoms with Gasteiger partial charge in [-0.25, -0.2) is 14.2 Å². The fourth-order valence-corrected chi connectivity index (χ4v) is 1.99. The standard InChI is InChI=1S/C10H8FNO2S/c1-2-14-10(13)6-3-7(11)9-8(4-6)15-5-12-9/h3-5H,2H2,1H3. The molecular weight excluding hydrogens is 217 g/mol. The lowest BCUT2D eigenvalue weighted by atomic mass is 10.2. The van der Waals surface area contributed by atoms with Crippen molar-refractivity contribution in [2.24, 2.45) is 0 Å². The summed E-state index contributed by atoms with van der Waals surface area (Å²) in [6, 6.07) is 2.74. The summed E-state index contributed by atoms with van der Waals surface area (Å²) in [6.45, 7) is 1.99. The Morgan fingerprint density at radius 2 is 2.40 bits per heavy atom. The first kappa shape index (κ1) is 10.0. The van der Waals surface area contributed by atoms with E-state index in [1.165, 1.54) is 11.3 Å². The number of thiazole rings is 1. The number of fused-ring (bicyclic) bond motifs is 1. The molecule has 1 aromatic heterocycles. The number of hydrogen-bond acceptors (Lipinski definition) is 4. The molecule has 0 saturated heterocycles. The molecule has 0 bridgehead atoms. The maximum Gasteiger partial charge on any atom is 0.338 e. The van der Waals surface area contributed by atoms with Crippen LogP contribution in [0.25, 0.3) is 10.2 Å². The third kappa shape index (κ3) is 1.83. The Bertz CT molecular complexity index is 509. The molecule has 0 atom stereocenters. The van der Waals surface area contributed by atoms with E-state index >= 15 is 0 Å². The first-order chi connectivity index (χ1) is 7.22. The molecular formula is C10H8FNO2S. The van der Waals surface area contributed by atoms with Crippen LogP contribution < -0.4 is 0 Å². The fourth-order valence-electron chi connectivity index (χ4n) is 1.26.